The van der Waals surface area contributed by atoms with Crippen molar-refractivity contribution in [2.75, 3.05) is 0 Å². The molecule has 0 spiro atoms. The SMILES string of the molecule is CC(C)(C)CC#CN. The van der Waals surface area contributed by atoms with Gasteiger partial charge < -0.3 is 5.73 Å². The van der Waals surface area contributed by atoms with Crippen molar-refractivity contribution in [1.82, 2.24) is 0 Å². The molecule has 0 atom stereocenters. The molecule has 0 aliphatic carbocycles. The van der Waals surface area contributed by atoms with E-state index in [-0.39, 0.29) is 0 Å². The molecule has 0 aromatic carbocycles. The van der Waals surface area contributed by atoms with E-state index >= 15 is 0 Å². The van der Waals surface area contributed by atoms with Crippen molar-refractivity contribution in [3.05, 3.63) is 0 Å². The van der Waals surface area contributed by atoms with Crippen LogP contribution in [0.25, 0.3) is 0 Å². The molecule has 0 bridgehead atoms. The van der Waals surface area contributed by atoms with Crippen LogP contribution >= 0.6 is 0 Å². The minimum absolute atomic E-state index is 0.298. The molecule has 1 heteroatoms. The molecule has 0 aromatic heterocycles. The summed E-state index contributed by atoms with van der Waals surface area (Å²) in [5.41, 5.74) is 5.27. The Morgan fingerprint density at radius 3 is 2.00 bits per heavy atom. The lowest BCUT2D eigenvalue weighted by molar-refractivity contribution is 0.428. The summed E-state index contributed by atoms with van der Waals surface area (Å²) in [5.74, 6) is 2.82. The van der Waals surface area contributed by atoms with Crippen LogP contribution in [0.15, 0.2) is 0 Å². The van der Waals surface area contributed by atoms with Gasteiger partial charge in [-0.3, -0.25) is 0 Å². The Labute approximate surface area is 51.3 Å². The largest absolute Gasteiger partial charge is 0.359 e. The third kappa shape index (κ3) is 5.36. The predicted octanol–water partition coefficient (Wildman–Crippen LogP) is 1.34. The number of hydrogen-bond acceptors (Lipinski definition) is 1. The average molecular weight is 111 g/mol. The topological polar surface area (TPSA) is 26.0 Å². The Morgan fingerprint density at radius 2 is 1.88 bits per heavy atom. The van der Waals surface area contributed by atoms with Crippen LogP contribution in [0.2, 0.25) is 0 Å². The Morgan fingerprint density at radius 1 is 1.38 bits per heavy atom. The van der Waals surface area contributed by atoms with Crippen molar-refractivity contribution in [2.24, 2.45) is 11.1 Å². The molecule has 1 nitrogen and oxygen atoms in total. The lowest BCUT2D eigenvalue weighted by Gasteiger charge is -2.12. The van der Waals surface area contributed by atoms with Gasteiger partial charge in [0.2, 0.25) is 0 Å². The lowest BCUT2D eigenvalue weighted by Crippen LogP contribution is -2.02. The first-order chi connectivity index (χ1) is 3.56. The molecule has 0 rings (SSSR count). The van der Waals surface area contributed by atoms with E-state index < -0.39 is 0 Å². The zero-order valence-electron chi connectivity index (χ0n) is 5.78. The summed E-state index contributed by atoms with van der Waals surface area (Å²) in [6.07, 6.45) is 0.878. The zero-order valence-corrected chi connectivity index (χ0v) is 5.78. The minimum atomic E-state index is 0.298. The number of nitrogens with two attached hydrogens (primary N) is 1. The highest BCUT2D eigenvalue weighted by Crippen LogP contribution is 2.16. The van der Waals surface area contributed by atoms with E-state index in [0.717, 1.165) is 6.42 Å². The maximum Gasteiger partial charge on any atom is 0.0156 e. The maximum absolute atomic E-state index is 4.97. The van der Waals surface area contributed by atoms with Gasteiger partial charge in [-0.25, -0.2) is 0 Å². The molecule has 0 aliphatic heterocycles. The molecule has 8 heavy (non-hydrogen) atoms. The van der Waals surface area contributed by atoms with E-state index in [1.165, 1.54) is 0 Å². The molecular weight excluding hydrogens is 98.1 g/mol. The van der Waals surface area contributed by atoms with Crippen molar-refractivity contribution < 1.29 is 0 Å². The molecule has 0 aliphatic rings. The highest BCUT2D eigenvalue weighted by atomic mass is 14.5. The van der Waals surface area contributed by atoms with Gasteiger partial charge >= 0.3 is 0 Å². The molecule has 0 heterocycles. The minimum Gasteiger partial charge on any atom is -0.359 e. The second-order valence-corrected chi connectivity index (χ2v) is 3.06. The van der Waals surface area contributed by atoms with Crippen molar-refractivity contribution in [3.8, 4) is 12.0 Å². The molecule has 0 radical (unpaired) electrons. The van der Waals surface area contributed by atoms with Crippen LogP contribution in [0.3, 0.4) is 0 Å². The Bertz CT molecular complexity index is 109. The fraction of sp³-hybridized carbons (Fsp3) is 0.714. The molecule has 0 unspecified atom stereocenters. The third-order valence-corrected chi connectivity index (χ3v) is 0.721. The quantitative estimate of drug-likeness (QED) is 0.370. The lowest BCUT2D eigenvalue weighted by atomic mass is 9.93. The third-order valence-electron chi connectivity index (χ3n) is 0.721. The molecule has 0 aromatic rings. The molecule has 46 valence electrons. The molecule has 0 fully saturated rings. The summed E-state index contributed by atoms with van der Waals surface area (Å²) < 4.78 is 0. The van der Waals surface area contributed by atoms with Crippen LogP contribution in [-0.2, 0) is 0 Å². The van der Waals surface area contributed by atoms with Gasteiger partial charge in [0.15, 0.2) is 0 Å². The Kier molecular flexibility index (Phi) is 2.41. The first-order valence-corrected chi connectivity index (χ1v) is 2.75. The van der Waals surface area contributed by atoms with Gasteiger partial charge in [-0.2, -0.15) is 0 Å². The second-order valence-electron chi connectivity index (χ2n) is 3.06. The zero-order chi connectivity index (χ0) is 6.62. The van der Waals surface area contributed by atoms with E-state index in [4.69, 9.17) is 5.73 Å². The molecule has 0 saturated carbocycles. The molecular formula is C7H13N. The van der Waals surface area contributed by atoms with Crippen molar-refractivity contribution in [2.45, 2.75) is 27.2 Å². The van der Waals surface area contributed by atoms with Gasteiger partial charge in [-0.05, 0) is 5.41 Å². The van der Waals surface area contributed by atoms with Gasteiger partial charge in [-0.1, -0.05) is 26.7 Å². The maximum atomic E-state index is 4.97. The van der Waals surface area contributed by atoms with Crippen molar-refractivity contribution in [1.29, 1.82) is 0 Å². The predicted molar refractivity (Wildman–Crippen MR) is 36.0 cm³/mol. The van der Waals surface area contributed by atoms with Crippen LogP contribution in [0.4, 0.5) is 0 Å². The Balaban J connectivity index is 3.50. The van der Waals surface area contributed by atoms with E-state index in [2.05, 4.69) is 32.7 Å². The molecule has 0 amide bonds. The van der Waals surface area contributed by atoms with Gasteiger partial charge in [0.1, 0.15) is 0 Å². The molecule has 0 saturated heterocycles. The number of rotatable bonds is 0. The van der Waals surface area contributed by atoms with Gasteiger partial charge in [0.25, 0.3) is 0 Å². The van der Waals surface area contributed by atoms with E-state index in [1.54, 1.807) is 0 Å². The van der Waals surface area contributed by atoms with Crippen LogP contribution in [0, 0.1) is 17.4 Å². The summed E-state index contributed by atoms with van der Waals surface area (Å²) in [5, 5.41) is 0. The van der Waals surface area contributed by atoms with E-state index in [0.29, 0.717) is 5.41 Å². The summed E-state index contributed by atoms with van der Waals surface area (Å²) in [6.45, 7) is 6.41. The van der Waals surface area contributed by atoms with Crippen LogP contribution in [0.5, 0.6) is 0 Å². The monoisotopic (exact) mass is 111 g/mol. The van der Waals surface area contributed by atoms with Crippen molar-refractivity contribution >= 4 is 0 Å². The van der Waals surface area contributed by atoms with Gasteiger partial charge in [-0.15, -0.1) is 0 Å². The van der Waals surface area contributed by atoms with Crippen LogP contribution in [-0.4, -0.2) is 0 Å². The van der Waals surface area contributed by atoms with Gasteiger partial charge in [0.05, 0.1) is 0 Å². The van der Waals surface area contributed by atoms with Crippen LogP contribution < -0.4 is 5.73 Å². The Hall–Kier alpha value is -0.640. The fourth-order valence-electron chi connectivity index (χ4n) is 0.316. The second kappa shape index (κ2) is 2.61. The summed E-state index contributed by atoms with van der Waals surface area (Å²) in [4.78, 5) is 0. The summed E-state index contributed by atoms with van der Waals surface area (Å²) in [7, 11) is 0. The standard InChI is InChI=1S/C7H13N/c1-7(2,3)5-4-6-8/h5,8H2,1-3H3. The highest BCUT2D eigenvalue weighted by molar-refractivity contribution is 4.96. The summed E-state index contributed by atoms with van der Waals surface area (Å²) >= 11 is 0. The van der Waals surface area contributed by atoms with E-state index in [9.17, 15) is 0 Å². The fourth-order valence-corrected chi connectivity index (χ4v) is 0.316. The first-order valence-electron chi connectivity index (χ1n) is 2.75. The highest BCUT2D eigenvalue weighted by Gasteiger charge is 2.05. The normalized spacial score (nSPS) is 9.88. The smallest absolute Gasteiger partial charge is 0.0156 e. The first kappa shape index (κ1) is 7.36. The van der Waals surface area contributed by atoms with Crippen molar-refractivity contribution in [3.63, 3.8) is 0 Å². The number of hydrogen-bond donors (Lipinski definition) is 1. The molecule has 2 N–H and O–H groups in total. The van der Waals surface area contributed by atoms with E-state index in [1.807, 2.05) is 0 Å². The average Bonchev–Trinajstić information content (AvgIpc) is 1.59. The summed E-state index contributed by atoms with van der Waals surface area (Å²) in [6, 6.07) is 2.37. The van der Waals surface area contributed by atoms with Crippen LogP contribution in [0.1, 0.15) is 27.2 Å². The van der Waals surface area contributed by atoms with Gasteiger partial charge in [0, 0.05) is 12.5 Å².